The predicted molar refractivity (Wildman–Crippen MR) is 49.7 cm³/mol. The Kier molecular flexibility index (Phi) is 3.28. The van der Waals surface area contributed by atoms with Crippen LogP contribution in [0.1, 0.15) is 33.1 Å². The van der Waals surface area contributed by atoms with Gasteiger partial charge in [0.15, 0.2) is 17.6 Å². The van der Waals surface area contributed by atoms with Crippen LogP contribution in [0.15, 0.2) is 11.3 Å². The summed E-state index contributed by atoms with van der Waals surface area (Å²) in [5.74, 6) is -1.33. The quantitative estimate of drug-likeness (QED) is 0.549. The molecule has 0 spiro atoms. The van der Waals surface area contributed by atoms with E-state index in [1.807, 2.05) is 6.92 Å². The van der Waals surface area contributed by atoms with Crippen molar-refractivity contribution in [3.63, 3.8) is 0 Å². The number of cyclic esters (lactones) is 1. The Bertz CT molecular complexity index is 290. The lowest BCUT2D eigenvalue weighted by molar-refractivity contribution is -0.141. The lowest BCUT2D eigenvalue weighted by Gasteiger charge is -2.08. The molecule has 0 saturated carbocycles. The minimum Gasteiger partial charge on any atom is -0.507 e. The van der Waals surface area contributed by atoms with E-state index in [0.717, 1.165) is 12.8 Å². The van der Waals surface area contributed by atoms with Crippen molar-refractivity contribution in [3.8, 4) is 0 Å². The topological polar surface area (TPSA) is 63.6 Å². The lowest BCUT2D eigenvalue weighted by atomic mass is 10.1. The van der Waals surface area contributed by atoms with Gasteiger partial charge < -0.3 is 9.84 Å². The van der Waals surface area contributed by atoms with Gasteiger partial charge in [-0.1, -0.05) is 13.3 Å². The first-order valence-electron chi connectivity index (χ1n) is 4.73. The third-order valence-corrected chi connectivity index (χ3v) is 2.19. The SMILES string of the molecule is CCCCC1OC(=O)C(C(C)=O)=C1O. The highest BCUT2D eigenvalue weighted by Crippen LogP contribution is 2.24. The van der Waals surface area contributed by atoms with E-state index in [1.54, 1.807) is 0 Å². The maximum Gasteiger partial charge on any atom is 0.346 e. The zero-order chi connectivity index (χ0) is 10.7. The second-order valence-corrected chi connectivity index (χ2v) is 3.35. The summed E-state index contributed by atoms with van der Waals surface area (Å²) in [6, 6.07) is 0. The highest BCUT2D eigenvalue weighted by molar-refractivity contribution is 6.18. The van der Waals surface area contributed by atoms with Crippen molar-refractivity contribution < 1.29 is 19.4 Å². The number of aliphatic hydroxyl groups is 1. The molecule has 0 aromatic carbocycles. The Labute approximate surface area is 82.6 Å². The number of ketones is 1. The van der Waals surface area contributed by atoms with E-state index in [1.165, 1.54) is 6.92 Å². The van der Waals surface area contributed by atoms with Crippen molar-refractivity contribution in [1.82, 2.24) is 0 Å². The van der Waals surface area contributed by atoms with Gasteiger partial charge >= 0.3 is 5.97 Å². The third-order valence-electron chi connectivity index (χ3n) is 2.19. The van der Waals surface area contributed by atoms with E-state index >= 15 is 0 Å². The molecule has 1 aliphatic heterocycles. The zero-order valence-corrected chi connectivity index (χ0v) is 8.37. The minimum absolute atomic E-state index is 0.189. The molecule has 4 heteroatoms. The van der Waals surface area contributed by atoms with Crippen molar-refractivity contribution in [2.45, 2.75) is 39.2 Å². The molecule has 1 unspecified atom stereocenters. The molecular weight excluding hydrogens is 184 g/mol. The standard InChI is InChI=1S/C10H14O4/c1-3-4-5-7-9(12)8(6(2)11)10(13)14-7/h7,12H,3-5H2,1-2H3. The number of Topliss-reactive ketones (excluding diaryl/α,β-unsaturated/α-hetero) is 1. The summed E-state index contributed by atoms with van der Waals surface area (Å²) in [5, 5.41) is 9.53. The fourth-order valence-electron chi connectivity index (χ4n) is 1.42. The Morgan fingerprint density at radius 1 is 1.57 bits per heavy atom. The predicted octanol–water partition coefficient (Wildman–Crippen LogP) is 1.50. The smallest absolute Gasteiger partial charge is 0.346 e. The largest absolute Gasteiger partial charge is 0.507 e. The van der Waals surface area contributed by atoms with Gasteiger partial charge in [-0.05, 0) is 19.8 Å². The molecule has 0 saturated heterocycles. The van der Waals surface area contributed by atoms with E-state index in [-0.39, 0.29) is 11.3 Å². The summed E-state index contributed by atoms with van der Waals surface area (Å²) in [5.41, 5.74) is -0.189. The summed E-state index contributed by atoms with van der Waals surface area (Å²) in [4.78, 5) is 22.1. The minimum atomic E-state index is -0.698. The molecule has 0 fully saturated rings. The molecule has 1 N–H and O–H groups in total. The second-order valence-electron chi connectivity index (χ2n) is 3.35. The molecule has 0 radical (unpaired) electrons. The van der Waals surface area contributed by atoms with E-state index in [9.17, 15) is 14.7 Å². The van der Waals surface area contributed by atoms with Crippen LogP contribution in [-0.2, 0) is 14.3 Å². The number of hydrogen-bond donors (Lipinski definition) is 1. The average molecular weight is 198 g/mol. The Morgan fingerprint density at radius 3 is 2.64 bits per heavy atom. The maximum atomic E-state index is 11.1. The van der Waals surface area contributed by atoms with Crippen LogP contribution in [0.4, 0.5) is 0 Å². The normalized spacial score (nSPS) is 21.3. The van der Waals surface area contributed by atoms with Crippen LogP contribution in [0.5, 0.6) is 0 Å². The van der Waals surface area contributed by atoms with Crippen LogP contribution >= 0.6 is 0 Å². The number of ether oxygens (including phenoxy) is 1. The average Bonchev–Trinajstić information content (AvgIpc) is 2.38. The molecule has 1 rings (SSSR count). The number of rotatable bonds is 4. The molecule has 1 atom stereocenters. The number of carbonyl (C=O) groups excluding carboxylic acids is 2. The molecule has 1 aliphatic rings. The van der Waals surface area contributed by atoms with Crippen molar-refractivity contribution in [1.29, 1.82) is 0 Å². The summed E-state index contributed by atoms with van der Waals surface area (Å²) in [7, 11) is 0. The number of hydrogen-bond acceptors (Lipinski definition) is 4. The summed E-state index contributed by atoms with van der Waals surface area (Å²) < 4.78 is 4.87. The van der Waals surface area contributed by atoms with Crippen LogP contribution < -0.4 is 0 Å². The van der Waals surface area contributed by atoms with E-state index in [2.05, 4.69) is 0 Å². The molecule has 78 valence electrons. The lowest BCUT2D eigenvalue weighted by Crippen LogP contribution is -2.11. The van der Waals surface area contributed by atoms with E-state index in [0.29, 0.717) is 6.42 Å². The van der Waals surface area contributed by atoms with Crippen molar-refractivity contribution >= 4 is 11.8 Å². The van der Waals surface area contributed by atoms with Gasteiger partial charge in [-0.25, -0.2) is 4.79 Å². The summed E-state index contributed by atoms with van der Waals surface area (Å²) >= 11 is 0. The van der Waals surface area contributed by atoms with Crippen molar-refractivity contribution in [2.75, 3.05) is 0 Å². The number of esters is 1. The molecular formula is C10H14O4. The van der Waals surface area contributed by atoms with Crippen LogP contribution in [-0.4, -0.2) is 23.0 Å². The van der Waals surface area contributed by atoms with Crippen LogP contribution in [0.2, 0.25) is 0 Å². The fraction of sp³-hybridized carbons (Fsp3) is 0.600. The second kappa shape index (κ2) is 4.26. The maximum absolute atomic E-state index is 11.1. The molecule has 0 aromatic rings. The van der Waals surface area contributed by atoms with Gasteiger partial charge in [-0.3, -0.25) is 4.79 Å². The van der Waals surface area contributed by atoms with Crippen molar-refractivity contribution in [2.24, 2.45) is 0 Å². The zero-order valence-electron chi connectivity index (χ0n) is 8.37. The van der Waals surface area contributed by atoms with Crippen LogP contribution in [0, 0.1) is 0 Å². The Morgan fingerprint density at radius 2 is 2.21 bits per heavy atom. The van der Waals surface area contributed by atoms with Crippen LogP contribution in [0.25, 0.3) is 0 Å². The van der Waals surface area contributed by atoms with Gasteiger partial charge in [0.2, 0.25) is 0 Å². The molecule has 4 nitrogen and oxygen atoms in total. The first-order valence-corrected chi connectivity index (χ1v) is 4.73. The molecule has 0 aromatic heterocycles. The van der Waals surface area contributed by atoms with E-state index < -0.39 is 17.9 Å². The third kappa shape index (κ3) is 1.95. The van der Waals surface area contributed by atoms with E-state index in [4.69, 9.17) is 4.74 Å². The summed E-state index contributed by atoms with van der Waals surface area (Å²) in [6.45, 7) is 3.25. The van der Waals surface area contributed by atoms with Gasteiger partial charge in [0.05, 0.1) is 0 Å². The Balaban J connectivity index is 2.77. The van der Waals surface area contributed by atoms with Crippen LogP contribution in [0.3, 0.4) is 0 Å². The number of aliphatic hydroxyl groups excluding tert-OH is 1. The molecule has 0 amide bonds. The first kappa shape index (κ1) is 10.8. The van der Waals surface area contributed by atoms with Crippen molar-refractivity contribution in [3.05, 3.63) is 11.3 Å². The molecule has 1 heterocycles. The van der Waals surface area contributed by atoms with Gasteiger partial charge in [-0.2, -0.15) is 0 Å². The number of carbonyl (C=O) groups is 2. The number of unbranched alkanes of at least 4 members (excludes halogenated alkanes) is 1. The molecule has 0 bridgehead atoms. The first-order chi connectivity index (χ1) is 6.57. The fourth-order valence-corrected chi connectivity index (χ4v) is 1.42. The highest BCUT2D eigenvalue weighted by atomic mass is 16.6. The Hall–Kier alpha value is -1.32. The molecule has 0 aliphatic carbocycles. The highest BCUT2D eigenvalue weighted by Gasteiger charge is 2.35. The van der Waals surface area contributed by atoms with Gasteiger partial charge in [0.1, 0.15) is 5.57 Å². The van der Waals surface area contributed by atoms with Gasteiger partial charge in [0, 0.05) is 0 Å². The monoisotopic (exact) mass is 198 g/mol. The van der Waals surface area contributed by atoms with Gasteiger partial charge in [0.25, 0.3) is 0 Å². The molecule has 14 heavy (non-hydrogen) atoms. The summed E-state index contributed by atoms with van der Waals surface area (Å²) in [6.07, 6.45) is 1.77. The van der Waals surface area contributed by atoms with Gasteiger partial charge in [-0.15, -0.1) is 0 Å².